The molecule has 1 aliphatic heterocycles. The van der Waals surface area contributed by atoms with E-state index in [0.717, 1.165) is 0 Å². The minimum absolute atomic E-state index is 0.0293. The van der Waals surface area contributed by atoms with Crippen LogP contribution in [-0.2, 0) is 4.79 Å². The number of hydrogen-bond donors (Lipinski definition) is 1. The number of piperidine rings is 1. The van der Waals surface area contributed by atoms with Gasteiger partial charge in [-0.25, -0.2) is 0 Å². The van der Waals surface area contributed by atoms with E-state index in [-0.39, 0.29) is 37.8 Å². The van der Waals surface area contributed by atoms with Gasteiger partial charge in [-0.2, -0.15) is 13.2 Å². The van der Waals surface area contributed by atoms with E-state index in [1.165, 1.54) is 0 Å². The molecular formula is C11H19F3N2O. The zero-order valence-electron chi connectivity index (χ0n) is 10.2. The van der Waals surface area contributed by atoms with Gasteiger partial charge in [0.05, 0.1) is 5.92 Å². The highest BCUT2D eigenvalue weighted by molar-refractivity contribution is 5.78. The first-order chi connectivity index (χ1) is 7.86. The van der Waals surface area contributed by atoms with Crippen molar-refractivity contribution >= 4 is 5.91 Å². The molecule has 0 aromatic carbocycles. The summed E-state index contributed by atoms with van der Waals surface area (Å²) in [5.74, 6) is -1.48. The third-order valence-corrected chi connectivity index (χ3v) is 3.20. The molecule has 0 spiro atoms. The molecule has 1 N–H and O–H groups in total. The predicted octanol–water partition coefficient (Wildman–Crippen LogP) is 1.64. The normalized spacial score (nSPS) is 20.4. The molecule has 1 unspecified atom stereocenters. The molecule has 6 heteroatoms. The Morgan fingerprint density at radius 3 is 2.35 bits per heavy atom. The first-order valence-electron chi connectivity index (χ1n) is 5.86. The highest BCUT2D eigenvalue weighted by Gasteiger charge is 2.41. The first kappa shape index (κ1) is 14.3. The van der Waals surface area contributed by atoms with Crippen LogP contribution in [0.1, 0.15) is 19.8 Å². The predicted molar refractivity (Wildman–Crippen MR) is 58.4 cm³/mol. The van der Waals surface area contributed by atoms with Crippen LogP contribution >= 0.6 is 0 Å². The molecule has 1 saturated heterocycles. The molecule has 1 amide bonds. The average Bonchev–Trinajstić information content (AvgIpc) is 2.27. The second-order valence-electron chi connectivity index (χ2n) is 4.60. The van der Waals surface area contributed by atoms with Gasteiger partial charge in [-0.1, -0.05) is 6.92 Å². The summed E-state index contributed by atoms with van der Waals surface area (Å²) in [5, 5.41) is 2.89. The number of nitrogens with one attached hydrogen (secondary N) is 1. The van der Waals surface area contributed by atoms with E-state index in [1.54, 1.807) is 18.9 Å². The minimum Gasteiger partial charge on any atom is -0.342 e. The maximum absolute atomic E-state index is 12.4. The molecule has 0 aromatic rings. The molecule has 3 nitrogen and oxygen atoms in total. The van der Waals surface area contributed by atoms with Gasteiger partial charge in [0.15, 0.2) is 0 Å². The molecule has 0 saturated carbocycles. The van der Waals surface area contributed by atoms with Crippen molar-refractivity contribution in [2.45, 2.75) is 25.9 Å². The highest BCUT2D eigenvalue weighted by atomic mass is 19.4. The van der Waals surface area contributed by atoms with Gasteiger partial charge < -0.3 is 10.2 Å². The van der Waals surface area contributed by atoms with E-state index in [0.29, 0.717) is 6.54 Å². The number of carbonyl (C=O) groups excluding carboxylic acids is 1. The zero-order valence-corrected chi connectivity index (χ0v) is 10.2. The van der Waals surface area contributed by atoms with Crippen LogP contribution in [0.2, 0.25) is 0 Å². The van der Waals surface area contributed by atoms with Crippen LogP contribution in [0.15, 0.2) is 0 Å². The number of halogens is 3. The number of amides is 1. The van der Waals surface area contributed by atoms with Crippen molar-refractivity contribution in [3.8, 4) is 0 Å². The smallest absolute Gasteiger partial charge is 0.342 e. The Hall–Kier alpha value is -0.780. The molecule has 1 fully saturated rings. The molecule has 17 heavy (non-hydrogen) atoms. The summed E-state index contributed by atoms with van der Waals surface area (Å²) >= 11 is 0. The molecule has 1 aliphatic rings. The Morgan fingerprint density at radius 1 is 1.41 bits per heavy atom. The molecule has 0 aromatic heterocycles. The van der Waals surface area contributed by atoms with Gasteiger partial charge in [-0.3, -0.25) is 4.79 Å². The van der Waals surface area contributed by atoms with Crippen LogP contribution in [0.3, 0.4) is 0 Å². The fourth-order valence-corrected chi connectivity index (χ4v) is 2.13. The Labute approximate surface area is 99.4 Å². The highest BCUT2D eigenvalue weighted by Crippen LogP contribution is 2.34. The second-order valence-corrected chi connectivity index (χ2v) is 4.60. The summed E-state index contributed by atoms with van der Waals surface area (Å²) in [6, 6.07) is 0. The molecule has 1 heterocycles. The van der Waals surface area contributed by atoms with E-state index < -0.39 is 12.1 Å². The van der Waals surface area contributed by atoms with Gasteiger partial charge in [-0.05, 0) is 19.9 Å². The molecule has 0 aliphatic carbocycles. The fourth-order valence-electron chi connectivity index (χ4n) is 2.13. The molecule has 100 valence electrons. The van der Waals surface area contributed by atoms with Crippen molar-refractivity contribution in [3.63, 3.8) is 0 Å². The van der Waals surface area contributed by atoms with Gasteiger partial charge >= 0.3 is 6.18 Å². The van der Waals surface area contributed by atoms with Crippen molar-refractivity contribution in [2.75, 3.05) is 26.7 Å². The van der Waals surface area contributed by atoms with Gasteiger partial charge in [0.2, 0.25) is 5.91 Å². The van der Waals surface area contributed by atoms with E-state index in [9.17, 15) is 18.0 Å². The summed E-state index contributed by atoms with van der Waals surface area (Å²) in [6.45, 7) is 2.78. The number of hydrogen-bond acceptors (Lipinski definition) is 2. The molecule has 0 bridgehead atoms. The number of likely N-dealkylation sites (tertiary alicyclic amines) is 1. The maximum atomic E-state index is 12.4. The van der Waals surface area contributed by atoms with Crippen molar-refractivity contribution < 1.29 is 18.0 Å². The molecule has 1 atom stereocenters. The first-order valence-corrected chi connectivity index (χ1v) is 5.86. The van der Waals surface area contributed by atoms with Gasteiger partial charge in [0, 0.05) is 25.6 Å². The molecule has 0 radical (unpaired) electrons. The largest absolute Gasteiger partial charge is 0.391 e. The fraction of sp³-hybridized carbons (Fsp3) is 0.909. The number of carbonyl (C=O) groups is 1. The maximum Gasteiger partial charge on any atom is 0.391 e. The zero-order chi connectivity index (χ0) is 13.1. The number of nitrogens with zero attached hydrogens (tertiary/aromatic N) is 1. The van der Waals surface area contributed by atoms with Crippen LogP contribution in [0.5, 0.6) is 0 Å². The third kappa shape index (κ3) is 3.87. The Kier molecular flexibility index (Phi) is 4.80. The summed E-state index contributed by atoms with van der Waals surface area (Å²) in [6.07, 6.45) is -4.06. The van der Waals surface area contributed by atoms with Crippen molar-refractivity contribution in [2.24, 2.45) is 11.8 Å². The lowest BCUT2D eigenvalue weighted by Crippen LogP contribution is -2.45. The lowest BCUT2D eigenvalue weighted by atomic mass is 9.95. The van der Waals surface area contributed by atoms with Crippen LogP contribution < -0.4 is 5.32 Å². The van der Waals surface area contributed by atoms with Crippen LogP contribution in [0.25, 0.3) is 0 Å². The van der Waals surface area contributed by atoms with Crippen LogP contribution in [-0.4, -0.2) is 43.7 Å². The van der Waals surface area contributed by atoms with E-state index in [1.807, 2.05) is 0 Å². The lowest BCUT2D eigenvalue weighted by Gasteiger charge is -2.34. The summed E-state index contributed by atoms with van der Waals surface area (Å²) in [4.78, 5) is 13.4. The number of alkyl halides is 3. The standard InChI is InChI=1S/C11H19F3N2O/c1-8(7-15-2)10(17)16-5-3-9(4-6-16)11(12,13)14/h8-9,15H,3-7H2,1-2H3. The van der Waals surface area contributed by atoms with Crippen LogP contribution in [0.4, 0.5) is 13.2 Å². The topological polar surface area (TPSA) is 32.3 Å². The molecular weight excluding hydrogens is 233 g/mol. The average molecular weight is 252 g/mol. The summed E-state index contributed by atoms with van der Waals surface area (Å²) in [7, 11) is 1.75. The lowest BCUT2D eigenvalue weighted by molar-refractivity contribution is -0.186. The molecule has 1 rings (SSSR count). The van der Waals surface area contributed by atoms with Crippen molar-refractivity contribution in [1.82, 2.24) is 10.2 Å². The van der Waals surface area contributed by atoms with Crippen molar-refractivity contribution in [1.29, 1.82) is 0 Å². The Morgan fingerprint density at radius 2 is 1.94 bits per heavy atom. The Bertz CT molecular complexity index is 260. The van der Waals surface area contributed by atoms with E-state index in [4.69, 9.17) is 0 Å². The van der Waals surface area contributed by atoms with Crippen LogP contribution in [0, 0.1) is 11.8 Å². The van der Waals surface area contributed by atoms with E-state index in [2.05, 4.69) is 5.32 Å². The summed E-state index contributed by atoms with van der Waals surface area (Å²) < 4.78 is 37.3. The Balaban J connectivity index is 2.44. The van der Waals surface area contributed by atoms with E-state index >= 15 is 0 Å². The van der Waals surface area contributed by atoms with Gasteiger partial charge in [0.1, 0.15) is 0 Å². The summed E-state index contributed by atoms with van der Waals surface area (Å²) in [5.41, 5.74) is 0. The SMILES string of the molecule is CNCC(C)C(=O)N1CCC(C(F)(F)F)CC1. The monoisotopic (exact) mass is 252 g/mol. The third-order valence-electron chi connectivity index (χ3n) is 3.20. The quantitative estimate of drug-likeness (QED) is 0.828. The number of rotatable bonds is 3. The minimum atomic E-state index is -4.12. The van der Waals surface area contributed by atoms with Gasteiger partial charge in [0.25, 0.3) is 0 Å². The second kappa shape index (κ2) is 5.71. The van der Waals surface area contributed by atoms with Gasteiger partial charge in [-0.15, -0.1) is 0 Å². The van der Waals surface area contributed by atoms with Crippen molar-refractivity contribution in [3.05, 3.63) is 0 Å².